The second kappa shape index (κ2) is 11.3. The van der Waals surface area contributed by atoms with Crippen LogP contribution < -0.4 is 10.2 Å². The number of pyridine rings is 1. The predicted molar refractivity (Wildman–Crippen MR) is 135 cm³/mol. The van der Waals surface area contributed by atoms with Gasteiger partial charge in [0.2, 0.25) is 0 Å². The van der Waals surface area contributed by atoms with Crippen LogP contribution in [0.15, 0.2) is 54.7 Å². The number of hydrogen-bond acceptors (Lipinski definition) is 6. The monoisotopic (exact) mass is 497 g/mol. The molecule has 0 unspecified atom stereocenters. The summed E-state index contributed by atoms with van der Waals surface area (Å²) in [5, 5.41) is 3.13. The van der Waals surface area contributed by atoms with E-state index in [1.54, 1.807) is 56.7 Å². The fourth-order valence-electron chi connectivity index (χ4n) is 3.61. The third kappa shape index (κ3) is 5.76. The molecule has 2 aromatic heterocycles. The molecular weight excluding hydrogens is 473 g/mol. The van der Waals surface area contributed by atoms with Gasteiger partial charge in [0.05, 0.1) is 41.4 Å². The van der Waals surface area contributed by atoms with Crippen molar-refractivity contribution in [3.05, 3.63) is 71.1 Å². The Balaban J connectivity index is 1.55. The standard InChI is InChI=1S/C25H25ClFN5O3/c1-34-11-9-32(10-12-35-2)22-8-7-16(13-20(22)27)23-30-21-14-17(15-28-24(21)31-23)29-25(33)18-5-3-4-6-19(18)26/h3-8,13-15H,9-12H2,1-2H3,(H,29,33)(H,28,30,31). The summed E-state index contributed by atoms with van der Waals surface area (Å²) in [5.74, 6) is -0.264. The summed E-state index contributed by atoms with van der Waals surface area (Å²) in [6, 6.07) is 13.4. The van der Waals surface area contributed by atoms with E-state index in [0.29, 0.717) is 70.8 Å². The molecule has 1 amide bonds. The molecule has 182 valence electrons. The van der Waals surface area contributed by atoms with Crippen LogP contribution >= 0.6 is 11.6 Å². The van der Waals surface area contributed by atoms with Crippen LogP contribution in [-0.2, 0) is 9.47 Å². The zero-order valence-electron chi connectivity index (χ0n) is 19.3. The maximum atomic E-state index is 15.1. The second-order valence-corrected chi connectivity index (χ2v) is 8.16. The lowest BCUT2D eigenvalue weighted by molar-refractivity contribution is 0.102. The minimum Gasteiger partial charge on any atom is -0.383 e. The SMILES string of the molecule is COCCN(CCOC)c1ccc(-c2nc3cc(NC(=O)c4ccccc4Cl)cnc3[nH]2)cc1F. The van der Waals surface area contributed by atoms with Gasteiger partial charge in [-0.05, 0) is 36.4 Å². The number of halogens is 2. The molecule has 10 heteroatoms. The van der Waals surface area contributed by atoms with Crippen molar-refractivity contribution in [3.63, 3.8) is 0 Å². The lowest BCUT2D eigenvalue weighted by Crippen LogP contribution is -2.31. The molecule has 35 heavy (non-hydrogen) atoms. The van der Waals surface area contributed by atoms with E-state index in [4.69, 9.17) is 21.1 Å². The van der Waals surface area contributed by atoms with Crippen LogP contribution in [-0.4, -0.2) is 61.4 Å². The fraction of sp³-hybridized carbons (Fsp3) is 0.240. The fourth-order valence-corrected chi connectivity index (χ4v) is 3.83. The summed E-state index contributed by atoms with van der Waals surface area (Å²) in [5.41, 5.74) is 2.91. The molecule has 0 atom stereocenters. The summed E-state index contributed by atoms with van der Waals surface area (Å²) in [6.07, 6.45) is 1.52. The number of fused-ring (bicyclic) bond motifs is 1. The number of hydrogen-bond donors (Lipinski definition) is 2. The molecule has 2 aromatic carbocycles. The highest BCUT2D eigenvalue weighted by atomic mass is 35.5. The topological polar surface area (TPSA) is 92.4 Å². The van der Waals surface area contributed by atoms with E-state index in [0.717, 1.165) is 0 Å². The number of imidazole rings is 1. The van der Waals surface area contributed by atoms with Gasteiger partial charge in [-0.15, -0.1) is 0 Å². The van der Waals surface area contributed by atoms with Crippen molar-refractivity contribution >= 4 is 40.0 Å². The number of benzene rings is 2. The molecule has 2 heterocycles. The first-order valence-electron chi connectivity index (χ1n) is 10.9. The summed E-state index contributed by atoms with van der Waals surface area (Å²) in [4.78, 5) is 26.4. The zero-order valence-corrected chi connectivity index (χ0v) is 20.1. The van der Waals surface area contributed by atoms with Gasteiger partial charge < -0.3 is 24.7 Å². The molecular formula is C25H25ClFN5O3. The number of methoxy groups -OCH3 is 2. The number of carbonyl (C=O) groups excluding carboxylic acids is 1. The molecule has 0 saturated heterocycles. The smallest absolute Gasteiger partial charge is 0.257 e. The van der Waals surface area contributed by atoms with E-state index in [9.17, 15) is 4.79 Å². The molecule has 0 saturated carbocycles. The van der Waals surface area contributed by atoms with Crippen LogP contribution in [0.25, 0.3) is 22.6 Å². The van der Waals surface area contributed by atoms with Gasteiger partial charge in [-0.25, -0.2) is 14.4 Å². The van der Waals surface area contributed by atoms with E-state index in [1.807, 2.05) is 4.90 Å². The molecule has 0 spiro atoms. The number of amides is 1. The number of H-pyrrole nitrogens is 1. The highest BCUT2D eigenvalue weighted by Crippen LogP contribution is 2.27. The van der Waals surface area contributed by atoms with E-state index < -0.39 is 0 Å². The van der Waals surface area contributed by atoms with E-state index in [2.05, 4.69) is 20.3 Å². The van der Waals surface area contributed by atoms with Crippen LogP contribution in [0, 0.1) is 5.82 Å². The van der Waals surface area contributed by atoms with Gasteiger partial charge >= 0.3 is 0 Å². The number of anilines is 2. The van der Waals surface area contributed by atoms with E-state index in [1.165, 1.54) is 12.3 Å². The molecule has 4 rings (SSSR count). The Morgan fingerprint density at radius 1 is 1.11 bits per heavy atom. The summed E-state index contributed by atoms with van der Waals surface area (Å²) < 4.78 is 25.3. The number of carbonyl (C=O) groups is 1. The van der Waals surface area contributed by atoms with Crippen molar-refractivity contribution in [1.29, 1.82) is 0 Å². The summed E-state index contributed by atoms with van der Waals surface area (Å²) >= 11 is 6.10. The van der Waals surface area contributed by atoms with Crippen molar-refractivity contribution in [2.24, 2.45) is 0 Å². The predicted octanol–water partition coefficient (Wildman–Crippen LogP) is 4.77. The first-order chi connectivity index (χ1) is 17.0. The Hall–Kier alpha value is -3.53. The molecule has 2 N–H and O–H groups in total. The maximum absolute atomic E-state index is 15.1. The van der Waals surface area contributed by atoms with Crippen LogP contribution in [0.5, 0.6) is 0 Å². The molecule has 0 aliphatic carbocycles. The normalized spacial score (nSPS) is 11.1. The minimum absolute atomic E-state index is 0.350. The number of nitrogens with zero attached hydrogens (tertiary/aromatic N) is 3. The number of aromatic nitrogens is 3. The molecule has 4 aromatic rings. The van der Waals surface area contributed by atoms with Gasteiger partial charge in [0, 0.05) is 32.9 Å². The quantitative estimate of drug-likeness (QED) is 0.328. The molecule has 0 aliphatic heterocycles. The maximum Gasteiger partial charge on any atom is 0.257 e. The molecule has 0 aliphatic rings. The van der Waals surface area contributed by atoms with Crippen molar-refractivity contribution in [2.75, 3.05) is 50.7 Å². The molecule has 0 bridgehead atoms. The Bertz CT molecular complexity index is 1320. The molecule has 0 fully saturated rings. The van der Waals surface area contributed by atoms with Crippen molar-refractivity contribution in [3.8, 4) is 11.4 Å². The van der Waals surface area contributed by atoms with Crippen LogP contribution in [0.1, 0.15) is 10.4 Å². The first kappa shape index (κ1) is 24.6. The van der Waals surface area contributed by atoms with Gasteiger partial charge in [-0.1, -0.05) is 23.7 Å². The van der Waals surface area contributed by atoms with Gasteiger partial charge in [-0.2, -0.15) is 0 Å². The van der Waals surface area contributed by atoms with Crippen molar-refractivity contribution < 1.29 is 18.7 Å². The first-order valence-corrected chi connectivity index (χ1v) is 11.3. The summed E-state index contributed by atoms with van der Waals surface area (Å²) in [7, 11) is 3.22. The highest BCUT2D eigenvalue weighted by Gasteiger charge is 2.15. The Labute approximate surface area is 207 Å². The molecule has 0 radical (unpaired) electrons. The lowest BCUT2D eigenvalue weighted by atomic mass is 10.1. The lowest BCUT2D eigenvalue weighted by Gasteiger charge is -2.24. The van der Waals surface area contributed by atoms with Gasteiger partial charge in [0.25, 0.3) is 5.91 Å². The van der Waals surface area contributed by atoms with Gasteiger partial charge in [0.1, 0.15) is 17.2 Å². The zero-order chi connectivity index (χ0) is 24.8. The highest BCUT2D eigenvalue weighted by molar-refractivity contribution is 6.34. The number of aromatic amines is 1. The van der Waals surface area contributed by atoms with Crippen LogP contribution in [0.4, 0.5) is 15.8 Å². The average Bonchev–Trinajstić information content (AvgIpc) is 3.28. The Morgan fingerprint density at radius 3 is 2.54 bits per heavy atom. The van der Waals surface area contributed by atoms with E-state index in [-0.39, 0.29) is 11.7 Å². The molecule has 8 nitrogen and oxygen atoms in total. The largest absolute Gasteiger partial charge is 0.383 e. The number of nitrogens with one attached hydrogen (secondary N) is 2. The number of ether oxygens (including phenoxy) is 2. The van der Waals surface area contributed by atoms with Crippen LogP contribution in [0.3, 0.4) is 0 Å². The average molecular weight is 498 g/mol. The van der Waals surface area contributed by atoms with Gasteiger partial charge in [0.15, 0.2) is 5.65 Å². The summed E-state index contributed by atoms with van der Waals surface area (Å²) in [6.45, 7) is 2.01. The van der Waals surface area contributed by atoms with E-state index >= 15 is 4.39 Å². The van der Waals surface area contributed by atoms with Gasteiger partial charge in [-0.3, -0.25) is 4.79 Å². The second-order valence-electron chi connectivity index (χ2n) is 7.75. The van der Waals surface area contributed by atoms with Crippen molar-refractivity contribution in [2.45, 2.75) is 0 Å². The van der Waals surface area contributed by atoms with Crippen LogP contribution in [0.2, 0.25) is 5.02 Å². The Kier molecular flexibility index (Phi) is 7.91. The van der Waals surface area contributed by atoms with Crippen molar-refractivity contribution in [1.82, 2.24) is 15.0 Å². The minimum atomic E-state index is -0.379. The third-order valence-corrected chi connectivity index (χ3v) is 5.74. The Morgan fingerprint density at radius 2 is 1.86 bits per heavy atom. The number of rotatable bonds is 10. The third-order valence-electron chi connectivity index (χ3n) is 5.41.